The first-order chi connectivity index (χ1) is 10.8. The number of carbonyl (C=O) groups is 1. The summed E-state index contributed by atoms with van der Waals surface area (Å²) in [7, 11) is 0. The van der Waals surface area contributed by atoms with Crippen molar-refractivity contribution >= 4 is 17.5 Å². The van der Waals surface area contributed by atoms with Crippen LogP contribution in [-0.4, -0.2) is 5.91 Å². The molecule has 2 aromatic rings. The van der Waals surface area contributed by atoms with Crippen LogP contribution in [-0.2, 0) is 11.7 Å². The maximum Gasteiger partial charge on any atom is 0.416 e. The van der Waals surface area contributed by atoms with Gasteiger partial charge in [0, 0.05) is 10.6 Å². The second kappa shape index (κ2) is 5.57. The highest BCUT2D eigenvalue weighted by molar-refractivity contribution is 6.30. The van der Waals surface area contributed by atoms with Crippen LogP contribution in [0, 0.1) is 0 Å². The molecule has 1 aliphatic carbocycles. The Labute approximate surface area is 136 Å². The molecule has 0 unspecified atom stereocenters. The fourth-order valence-electron chi connectivity index (χ4n) is 2.48. The van der Waals surface area contributed by atoms with Crippen molar-refractivity contribution in [2.45, 2.75) is 24.6 Å². The van der Waals surface area contributed by atoms with Gasteiger partial charge in [0.1, 0.15) is 0 Å². The van der Waals surface area contributed by atoms with Crippen molar-refractivity contribution in [3.8, 4) is 0 Å². The van der Waals surface area contributed by atoms with Crippen LogP contribution in [0.3, 0.4) is 0 Å². The molecule has 0 bridgehead atoms. The highest BCUT2D eigenvalue weighted by Crippen LogP contribution is 2.45. The van der Waals surface area contributed by atoms with Crippen LogP contribution in [0.2, 0.25) is 5.02 Å². The maximum absolute atomic E-state index is 12.5. The van der Waals surface area contributed by atoms with Gasteiger partial charge in [-0.3, -0.25) is 4.79 Å². The molecule has 0 aliphatic heterocycles. The molecule has 1 fully saturated rings. The van der Waals surface area contributed by atoms with Crippen LogP contribution in [0.1, 0.15) is 34.3 Å². The lowest BCUT2D eigenvalue weighted by atomic mass is 10.0. The SMILES string of the molecule is O=C(NC1(c2ccc(Cl)cc2)CC1)c1ccc(C(F)(F)F)cc1. The monoisotopic (exact) mass is 339 g/mol. The smallest absolute Gasteiger partial charge is 0.343 e. The van der Waals surface area contributed by atoms with E-state index in [0.29, 0.717) is 5.02 Å². The molecule has 0 radical (unpaired) electrons. The number of hydrogen-bond acceptors (Lipinski definition) is 1. The molecule has 1 aliphatic rings. The van der Waals surface area contributed by atoms with Gasteiger partial charge in [0.15, 0.2) is 0 Å². The van der Waals surface area contributed by atoms with Crippen molar-refractivity contribution < 1.29 is 18.0 Å². The summed E-state index contributed by atoms with van der Waals surface area (Å²) in [6, 6.07) is 11.4. The van der Waals surface area contributed by atoms with Crippen molar-refractivity contribution in [1.29, 1.82) is 0 Å². The minimum absolute atomic E-state index is 0.207. The Kier molecular flexibility index (Phi) is 3.84. The van der Waals surface area contributed by atoms with Gasteiger partial charge in [-0.25, -0.2) is 0 Å². The van der Waals surface area contributed by atoms with Crippen LogP contribution in [0.4, 0.5) is 13.2 Å². The van der Waals surface area contributed by atoms with Gasteiger partial charge < -0.3 is 5.32 Å². The van der Waals surface area contributed by atoms with E-state index in [1.54, 1.807) is 12.1 Å². The average molecular weight is 340 g/mol. The van der Waals surface area contributed by atoms with Crippen molar-refractivity contribution in [1.82, 2.24) is 5.32 Å². The Morgan fingerprint density at radius 1 is 1.00 bits per heavy atom. The molecule has 0 heterocycles. The molecule has 1 saturated carbocycles. The van der Waals surface area contributed by atoms with Gasteiger partial charge in [-0.2, -0.15) is 13.2 Å². The first kappa shape index (κ1) is 15.9. The van der Waals surface area contributed by atoms with Crippen LogP contribution < -0.4 is 5.32 Å². The molecule has 1 amide bonds. The van der Waals surface area contributed by atoms with E-state index in [9.17, 15) is 18.0 Å². The highest BCUT2D eigenvalue weighted by atomic mass is 35.5. The second-order valence-electron chi connectivity index (χ2n) is 5.62. The largest absolute Gasteiger partial charge is 0.416 e. The van der Waals surface area contributed by atoms with Crippen molar-refractivity contribution in [2.75, 3.05) is 0 Å². The average Bonchev–Trinajstić information content (AvgIpc) is 3.28. The first-order valence-electron chi connectivity index (χ1n) is 7.06. The number of alkyl halides is 3. The fourth-order valence-corrected chi connectivity index (χ4v) is 2.61. The topological polar surface area (TPSA) is 29.1 Å². The molecule has 23 heavy (non-hydrogen) atoms. The third kappa shape index (κ3) is 3.34. The van der Waals surface area contributed by atoms with E-state index in [-0.39, 0.29) is 11.5 Å². The summed E-state index contributed by atoms with van der Waals surface area (Å²) in [5, 5.41) is 3.52. The minimum atomic E-state index is -4.41. The third-order valence-corrected chi connectivity index (χ3v) is 4.23. The zero-order valence-electron chi connectivity index (χ0n) is 12.0. The molecule has 2 aromatic carbocycles. The van der Waals surface area contributed by atoms with E-state index in [0.717, 1.165) is 30.5 Å². The van der Waals surface area contributed by atoms with E-state index >= 15 is 0 Å². The number of rotatable bonds is 3. The lowest BCUT2D eigenvalue weighted by Crippen LogP contribution is -2.34. The Morgan fingerprint density at radius 2 is 1.57 bits per heavy atom. The van der Waals surface area contributed by atoms with Gasteiger partial charge in [0.05, 0.1) is 11.1 Å². The lowest BCUT2D eigenvalue weighted by molar-refractivity contribution is -0.137. The van der Waals surface area contributed by atoms with Gasteiger partial charge in [-0.05, 0) is 54.8 Å². The molecule has 1 N–H and O–H groups in total. The molecular formula is C17H13ClF3NO. The summed E-state index contributed by atoms with van der Waals surface area (Å²) in [4.78, 5) is 12.3. The van der Waals surface area contributed by atoms with Crippen LogP contribution in [0.15, 0.2) is 48.5 Å². The Hall–Kier alpha value is -2.01. The number of amides is 1. The summed E-state index contributed by atoms with van der Waals surface area (Å²) >= 11 is 5.86. The molecule has 6 heteroatoms. The Balaban J connectivity index is 1.75. The van der Waals surface area contributed by atoms with Gasteiger partial charge in [0.25, 0.3) is 5.91 Å². The second-order valence-corrected chi connectivity index (χ2v) is 6.05. The van der Waals surface area contributed by atoms with Crippen LogP contribution in [0.25, 0.3) is 0 Å². The van der Waals surface area contributed by atoms with Gasteiger partial charge >= 0.3 is 6.18 Å². The predicted octanol–water partition coefficient (Wildman–Crippen LogP) is 4.78. The molecule has 2 nitrogen and oxygen atoms in total. The number of nitrogens with one attached hydrogen (secondary N) is 1. The maximum atomic E-state index is 12.5. The molecule has 3 rings (SSSR count). The van der Waals surface area contributed by atoms with Gasteiger partial charge in [-0.15, -0.1) is 0 Å². The number of hydrogen-bond donors (Lipinski definition) is 1. The van der Waals surface area contributed by atoms with Gasteiger partial charge in [0.2, 0.25) is 0 Å². The van der Waals surface area contributed by atoms with Gasteiger partial charge in [-0.1, -0.05) is 23.7 Å². The Bertz CT molecular complexity index is 719. The zero-order chi connectivity index (χ0) is 16.7. The van der Waals surface area contributed by atoms with Crippen LogP contribution >= 0.6 is 11.6 Å². The summed E-state index contributed by atoms with van der Waals surface area (Å²) in [5.41, 5.74) is -0.0574. The molecular weight excluding hydrogens is 327 g/mol. The van der Waals surface area contributed by atoms with E-state index in [4.69, 9.17) is 11.6 Å². The van der Waals surface area contributed by atoms with Crippen molar-refractivity contribution in [3.05, 3.63) is 70.2 Å². The normalized spacial score (nSPS) is 16.0. The summed E-state index contributed by atoms with van der Waals surface area (Å²) in [6.07, 6.45) is -2.82. The van der Waals surface area contributed by atoms with E-state index in [1.165, 1.54) is 12.1 Å². The summed E-state index contributed by atoms with van der Waals surface area (Å²) in [5.74, 6) is -0.383. The first-order valence-corrected chi connectivity index (χ1v) is 7.44. The predicted molar refractivity (Wildman–Crippen MR) is 81.3 cm³/mol. The standard InChI is InChI=1S/C17H13ClF3NO/c18-14-7-5-12(6-8-14)16(9-10-16)22-15(23)11-1-3-13(4-2-11)17(19,20)21/h1-8H,9-10H2,(H,22,23). The highest BCUT2D eigenvalue weighted by Gasteiger charge is 2.45. The number of halogens is 4. The van der Waals surface area contributed by atoms with E-state index in [1.807, 2.05) is 12.1 Å². The van der Waals surface area contributed by atoms with E-state index < -0.39 is 17.3 Å². The quantitative estimate of drug-likeness (QED) is 0.856. The summed E-state index contributed by atoms with van der Waals surface area (Å²) in [6.45, 7) is 0. The lowest BCUT2D eigenvalue weighted by Gasteiger charge is -2.18. The zero-order valence-corrected chi connectivity index (χ0v) is 12.7. The number of benzene rings is 2. The van der Waals surface area contributed by atoms with Crippen LogP contribution in [0.5, 0.6) is 0 Å². The van der Waals surface area contributed by atoms with Crippen molar-refractivity contribution in [3.63, 3.8) is 0 Å². The molecule has 120 valence electrons. The molecule has 0 saturated heterocycles. The number of carbonyl (C=O) groups excluding carboxylic acids is 1. The minimum Gasteiger partial charge on any atom is -0.343 e. The summed E-state index contributed by atoms with van der Waals surface area (Å²) < 4.78 is 37.6. The molecule has 0 spiro atoms. The third-order valence-electron chi connectivity index (χ3n) is 3.97. The van der Waals surface area contributed by atoms with E-state index in [2.05, 4.69) is 5.32 Å². The van der Waals surface area contributed by atoms with Crippen molar-refractivity contribution in [2.24, 2.45) is 0 Å². The Morgan fingerprint density at radius 3 is 2.04 bits per heavy atom. The molecule has 0 atom stereocenters. The fraction of sp³-hybridized carbons (Fsp3) is 0.235. The molecule has 0 aromatic heterocycles.